The molecule has 0 atom stereocenters. The monoisotopic (exact) mass is 448 g/mol. The number of fused-ring (bicyclic) bond motifs is 1. The first-order chi connectivity index (χ1) is 11.6. The molecule has 1 amide bonds. The van der Waals surface area contributed by atoms with Crippen molar-refractivity contribution in [1.29, 1.82) is 0 Å². The van der Waals surface area contributed by atoms with E-state index in [9.17, 15) is 4.79 Å². The number of anilines is 1. The molecule has 0 aliphatic carbocycles. The second kappa shape index (κ2) is 7.32. The number of pyridine rings is 1. The number of benzene rings is 2. The molecule has 0 N–H and O–H groups in total. The van der Waals surface area contributed by atoms with Crippen LogP contribution in [-0.4, -0.2) is 24.5 Å². The van der Waals surface area contributed by atoms with E-state index >= 15 is 0 Å². The predicted octanol–water partition coefficient (Wildman–Crippen LogP) is 4.80. The van der Waals surface area contributed by atoms with Gasteiger partial charge in [0.25, 0.3) is 5.91 Å². The Morgan fingerprint density at radius 1 is 1.12 bits per heavy atom. The van der Waals surface area contributed by atoms with Gasteiger partial charge in [-0.25, -0.2) is 0 Å². The van der Waals surface area contributed by atoms with Gasteiger partial charge in [-0.3, -0.25) is 9.78 Å². The fourth-order valence-electron chi connectivity index (χ4n) is 2.31. The summed E-state index contributed by atoms with van der Waals surface area (Å²) in [5, 5.41) is 0.930. The highest BCUT2D eigenvalue weighted by molar-refractivity contribution is 9.11. The van der Waals surface area contributed by atoms with Crippen LogP contribution in [0.4, 0.5) is 5.69 Å². The molecule has 0 aliphatic heterocycles. The number of hydrogen-bond acceptors (Lipinski definition) is 3. The Morgan fingerprint density at radius 2 is 1.88 bits per heavy atom. The third-order valence-electron chi connectivity index (χ3n) is 3.61. The number of hydrogen-bond donors (Lipinski definition) is 0. The standard InChI is InChI=1S/C18H14Br2N2O2/c1-22(12-6-3-2-4-7-12)16(23)11-24-18-15(20)10-14(19)13-8-5-9-21-17(13)18/h2-10H,11H2,1H3. The Bertz CT molecular complexity index is 885. The maximum Gasteiger partial charge on any atom is 0.264 e. The van der Waals surface area contributed by atoms with Gasteiger partial charge < -0.3 is 9.64 Å². The average Bonchev–Trinajstić information content (AvgIpc) is 2.61. The molecule has 0 radical (unpaired) electrons. The molecule has 122 valence electrons. The third-order valence-corrected chi connectivity index (χ3v) is 4.85. The van der Waals surface area contributed by atoms with Gasteiger partial charge in [0.1, 0.15) is 5.52 Å². The highest BCUT2D eigenvalue weighted by Gasteiger charge is 2.16. The molecule has 6 heteroatoms. The summed E-state index contributed by atoms with van der Waals surface area (Å²) in [4.78, 5) is 18.3. The number of halogens is 2. The molecule has 0 saturated heterocycles. The highest BCUT2D eigenvalue weighted by Crippen LogP contribution is 2.37. The van der Waals surface area contributed by atoms with E-state index in [1.165, 1.54) is 0 Å². The zero-order valence-corrected chi connectivity index (χ0v) is 16.0. The summed E-state index contributed by atoms with van der Waals surface area (Å²) in [5.41, 5.74) is 1.53. The van der Waals surface area contributed by atoms with E-state index < -0.39 is 0 Å². The second-order valence-electron chi connectivity index (χ2n) is 5.15. The summed E-state index contributed by atoms with van der Waals surface area (Å²) in [6, 6.07) is 15.2. The van der Waals surface area contributed by atoms with Crippen molar-refractivity contribution in [3.63, 3.8) is 0 Å². The molecule has 0 unspecified atom stereocenters. The Kier molecular flexibility index (Phi) is 5.16. The lowest BCUT2D eigenvalue weighted by Gasteiger charge is -2.18. The first-order valence-corrected chi connectivity index (χ1v) is 8.83. The van der Waals surface area contributed by atoms with E-state index in [4.69, 9.17) is 4.74 Å². The van der Waals surface area contributed by atoms with Crippen LogP contribution >= 0.6 is 31.9 Å². The molecular formula is C18H14Br2N2O2. The van der Waals surface area contributed by atoms with Crippen molar-refractivity contribution < 1.29 is 9.53 Å². The number of para-hydroxylation sites is 1. The van der Waals surface area contributed by atoms with Gasteiger partial charge in [0.05, 0.1) is 4.47 Å². The average molecular weight is 450 g/mol. The summed E-state index contributed by atoms with van der Waals surface area (Å²) in [5.74, 6) is 0.420. The Balaban J connectivity index is 1.82. The molecular weight excluding hydrogens is 436 g/mol. The first-order valence-electron chi connectivity index (χ1n) is 7.25. The SMILES string of the molecule is CN(C(=O)COc1c(Br)cc(Br)c2cccnc12)c1ccccc1. The van der Waals surface area contributed by atoms with Crippen LogP contribution in [0.25, 0.3) is 10.9 Å². The van der Waals surface area contributed by atoms with Crippen LogP contribution in [0, 0.1) is 0 Å². The van der Waals surface area contributed by atoms with Gasteiger partial charge >= 0.3 is 0 Å². The zero-order valence-electron chi connectivity index (χ0n) is 12.9. The number of carbonyl (C=O) groups is 1. The molecule has 4 nitrogen and oxygen atoms in total. The molecule has 0 bridgehead atoms. The Hall–Kier alpha value is -1.92. The van der Waals surface area contributed by atoms with Crippen molar-refractivity contribution in [2.75, 3.05) is 18.6 Å². The molecule has 3 rings (SSSR count). The van der Waals surface area contributed by atoms with Crippen LogP contribution in [0.2, 0.25) is 0 Å². The van der Waals surface area contributed by atoms with E-state index in [-0.39, 0.29) is 12.5 Å². The quantitative estimate of drug-likeness (QED) is 0.574. The van der Waals surface area contributed by atoms with E-state index in [1.54, 1.807) is 18.1 Å². The van der Waals surface area contributed by atoms with Crippen LogP contribution < -0.4 is 9.64 Å². The first kappa shape index (κ1) is 16.9. The molecule has 24 heavy (non-hydrogen) atoms. The number of amides is 1. The van der Waals surface area contributed by atoms with Crippen molar-refractivity contribution in [2.24, 2.45) is 0 Å². The number of carbonyl (C=O) groups excluding carboxylic acids is 1. The van der Waals surface area contributed by atoms with Crippen LogP contribution in [0.15, 0.2) is 63.7 Å². The van der Waals surface area contributed by atoms with Crippen molar-refractivity contribution in [2.45, 2.75) is 0 Å². The number of nitrogens with zero attached hydrogens (tertiary/aromatic N) is 2. The van der Waals surface area contributed by atoms with E-state index in [0.29, 0.717) is 11.3 Å². The molecule has 0 aliphatic rings. The summed E-state index contributed by atoms with van der Waals surface area (Å²) >= 11 is 7.00. The highest BCUT2D eigenvalue weighted by atomic mass is 79.9. The minimum Gasteiger partial charge on any atom is -0.480 e. The molecule has 2 aromatic carbocycles. The van der Waals surface area contributed by atoms with Gasteiger partial charge in [0.15, 0.2) is 12.4 Å². The van der Waals surface area contributed by atoms with Crippen LogP contribution in [0.5, 0.6) is 5.75 Å². The molecule has 3 aromatic rings. The maximum absolute atomic E-state index is 12.4. The summed E-state index contributed by atoms with van der Waals surface area (Å²) in [6.07, 6.45) is 1.70. The van der Waals surface area contributed by atoms with Crippen LogP contribution in [0.3, 0.4) is 0 Å². The number of likely N-dealkylation sites (N-methyl/N-ethyl adjacent to an activating group) is 1. The topological polar surface area (TPSA) is 42.4 Å². The lowest BCUT2D eigenvalue weighted by atomic mass is 10.2. The summed E-state index contributed by atoms with van der Waals surface area (Å²) < 4.78 is 7.45. The molecule has 0 fully saturated rings. The lowest BCUT2D eigenvalue weighted by Crippen LogP contribution is -2.31. The van der Waals surface area contributed by atoms with Gasteiger partial charge in [-0.1, -0.05) is 40.2 Å². The van der Waals surface area contributed by atoms with Gasteiger partial charge in [0, 0.05) is 28.8 Å². The van der Waals surface area contributed by atoms with Crippen molar-refractivity contribution in [3.05, 3.63) is 63.7 Å². The zero-order chi connectivity index (χ0) is 17.1. The second-order valence-corrected chi connectivity index (χ2v) is 6.85. The summed E-state index contributed by atoms with van der Waals surface area (Å²) in [7, 11) is 1.73. The number of ether oxygens (including phenoxy) is 1. The van der Waals surface area contributed by atoms with Crippen LogP contribution in [0.1, 0.15) is 0 Å². The predicted molar refractivity (Wildman–Crippen MR) is 102 cm³/mol. The van der Waals surface area contributed by atoms with Crippen molar-refractivity contribution in [1.82, 2.24) is 4.98 Å². The fourth-order valence-corrected chi connectivity index (χ4v) is 3.70. The van der Waals surface area contributed by atoms with Crippen molar-refractivity contribution in [3.8, 4) is 5.75 Å². The van der Waals surface area contributed by atoms with E-state index in [2.05, 4.69) is 36.8 Å². The lowest BCUT2D eigenvalue weighted by molar-refractivity contribution is -0.120. The largest absolute Gasteiger partial charge is 0.480 e. The van der Waals surface area contributed by atoms with Gasteiger partial charge in [-0.15, -0.1) is 0 Å². The third kappa shape index (κ3) is 3.44. The number of rotatable bonds is 4. The Morgan fingerprint density at radius 3 is 2.62 bits per heavy atom. The van der Waals surface area contributed by atoms with Crippen LogP contribution in [-0.2, 0) is 4.79 Å². The summed E-state index contributed by atoms with van der Waals surface area (Å²) in [6.45, 7) is -0.0721. The maximum atomic E-state index is 12.4. The fraction of sp³-hybridized carbons (Fsp3) is 0.111. The van der Waals surface area contributed by atoms with Gasteiger partial charge in [-0.05, 0) is 40.2 Å². The molecule has 1 heterocycles. The normalized spacial score (nSPS) is 10.6. The van der Waals surface area contributed by atoms with Gasteiger partial charge in [0.2, 0.25) is 0 Å². The smallest absolute Gasteiger partial charge is 0.264 e. The molecule has 0 saturated carbocycles. The Labute approximate surface area is 156 Å². The van der Waals surface area contributed by atoms with Gasteiger partial charge in [-0.2, -0.15) is 0 Å². The van der Waals surface area contributed by atoms with E-state index in [1.807, 2.05) is 48.5 Å². The minimum absolute atomic E-state index is 0.0721. The van der Waals surface area contributed by atoms with Crippen molar-refractivity contribution >= 4 is 54.4 Å². The molecule has 1 aromatic heterocycles. The van der Waals surface area contributed by atoms with E-state index in [0.717, 1.165) is 20.0 Å². The minimum atomic E-state index is -0.139. The molecule has 0 spiro atoms. The number of aromatic nitrogens is 1.